The first-order valence-corrected chi connectivity index (χ1v) is 14.6. The highest BCUT2D eigenvalue weighted by molar-refractivity contribution is 5.88. The van der Waals surface area contributed by atoms with Crippen LogP contribution in [0.2, 0.25) is 0 Å². The second-order valence-electron chi connectivity index (χ2n) is 10.8. The second-order valence-corrected chi connectivity index (χ2v) is 10.8. The van der Waals surface area contributed by atoms with Gasteiger partial charge >= 0.3 is 47.6 Å². The fourth-order valence-electron chi connectivity index (χ4n) is 4.01. The van der Waals surface area contributed by atoms with Gasteiger partial charge in [-0.05, 0) is 12.8 Å². The van der Waals surface area contributed by atoms with Gasteiger partial charge in [-0.15, -0.1) is 0 Å². The van der Waals surface area contributed by atoms with Crippen molar-refractivity contribution in [1.82, 2.24) is 10.6 Å². The van der Waals surface area contributed by atoms with E-state index in [-0.39, 0.29) is 25.8 Å². The van der Waals surface area contributed by atoms with Crippen LogP contribution < -0.4 is 10.6 Å². The number of amides is 1. The summed E-state index contributed by atoms with van der Waals surface area (Å²) in [6.45, 7) is 2.62. The predicted molar refractivity (Wildman–Crippen MR) is 137 cm³/mol. The molecule has 0 aliphatic rings. The van der Waals surface area contributed by atoms with Gasteiger partial charge in [0.25, 0.3) is 0 Å². The molecule has 1 amide bonds. The Kier molecular flexibility index (Phi) is 16.2. The van der Waals surface area contributed by atoms with E-state index in [1.54, 1.807) is 0 Å². The van der Waals surface area contributed by atoms with Gasteiger partial charge in [0.15, 0.2) is 0 Å². The van der Waals surface area contributed by atoms with E-state index in [0.717, 1.165) is 32.1 Å². The van der Waals surface area contributed by atoms with E-state index in [9.17, 15) is 79.4 Å². The molecule has 0 radical (unpaired) electrons. The Morgan fingerprint density at radius 3 is 1.15 bits per heavy atom. The fraction of sp³-hybridized carbons (Fsp3) is 0.889. The summed E-state index contributed by atoms with van der Waals surface area (Å²) >= 11 is 0. The molecule has 0 saturated heterocycles. The minimum absolute atomic E-state index is 0.189. The van der Waals surface area contributed by atoms with Gasteiger partial charge in [-0.1, -0.05) is 78.1 Å². The maximum Gasteiger partial charge on any atom is 0.460 e. The lowest BCUT2D eigenvalue weighted by Gasteiger charge is -2.43. The Morgan fingerprint density at radius 2 is 0.766 bits per heavy atom. The van der Waals surface area contributed by atoms with Crippen molar-refractivity contribution < 1.29 is 79.4 Å². The number of rotatable bonds is 23. The van der Waals surface area contributed by atoms with Crippen LogP contribution in [-0.4, -0.2) is 66.6 Å². The van der Waals surface area contributed by atoms with E-state index < -0.39 is 71.9 Å². The van der Waals surface area contributed by atoms with Gasteiger partial charge in [0.2, 0.25) is 5.91 Å². The van der Waals surface area contributed by atoms with Gasteiger partial charge in [0, 0.05) is 19.2 Å². The zero-order valence-electron chi connectivity index (χ0n) is 25.3. The van der Waals surface area contributed by atoms with Gasteiger partial charge < -0.3 is 10.6 Å². The number of carbonyl (C=O) groups is 1. The summed E-state index contributed by atoms with van der Waals surface area (Å²) < 4.78 is 234. The molecule has 0 unspecified atom stereocenters. The van der Waals surface area contributed by atoms with Crippen LogP contribution in [0.25, 0.3) is 0 Å². The van der Waals surface area contributed by atoms with Crippen molar-refractivity contribution in [1.29, 1.82) is 0 Å². The summed E-state index contributed by atoms with van der Waals surface area (Å²) in [4.78, 5) is 12.2. The van der Waals surface area contributed by atoms with Crippen molar-refractivity contribution in [3.8, 4) is 0 Å². The molecule has 0 atom stereocenters. The predicted octanol–water partition coefficient (Wildman–Crippen LogP) is 10.3. The lowest BCUT2D eigenvalue weighted by molar-refractivity contribution is -0.460. The van der Waals surface area contributed by atoms with Crippen molar-refractivity contribution >= 4 is 5.91 Å². The first kappa shape index (κ1) is 44.8. The third-order valence-electron chi connectivity index (χ3n) is 7.01. The number of hydrogen-bond acceptors (Lipinski definition) is 2. The largest absolute Gasteiger partial charge is 0.460 e. The summed E-state index contributed by atoms with van der Waals surface area (Å²) in [5, 5.41) is 3.35. The lowest BCUT2D eigenvalue weighted by atomic mass is 9.88. The molecule has 47 heavy (non-hydrogen) atoms. The Labute approximate surface area is 260 Å². The zero-order chi connectivity index (χ0) is 37.2. The Bertz CT molecular complexity index is 994. The molecule has 0 aliphatic heterocycles. The highest BCUT2D eigenvalue weighted by Crippen LogP contribution is 2.64. The maximum absolute atomic E-state index is 15.0. The smallest absolute Gasteiger partial charge is 0.383 e. The molecule has 0 spiro atoms. The molecule has 0 aliphatic carbocycles. The molecule has 0 aromatic rings. The Hall–Kier alpha value is -2.18. The monoisotopic (exact) mass is 728 g/mol. The van der Waals surface area contributed by atoms with E-state index in [2.05, 4.69) is 0 Å². The van der Waals surface area contributed by atoms with Crippen molar-refractivity contribution in [2.75, 3.05) is 13.1 Å². The molecule has 0 heterocycles. The number of halogens is 17. The van der Waals surface area contributed by atoms with Gasteiger partial charge in [0.1, 0.15) is 0 Å². The summed E-state index contributed by atoms with van der Waals surface area (Å²) in [7, 11) is 0. The van der Waals surface area contributed by atoms with E-state index in [1.165, 1.54) is 5.32 Å². The molecular weight excluding hydrogens is 691 g/mol. The van der Waals surface area contributed by atoms with E-state index in [1.807, 2.05) is 19.2 Å². The second kappa shape index (κ2) is 17.0. The topological polar surface area (TPSA) is 41.1 Å². The molecular formula is C27H37F17N2O. The van der Waals surface area contributed by atoms with Crippen molar-refractivity contribution in [3.05, 3.63) is 11.8 Å². The third-order valence-corrected chi connectivity index (χ3v) is 7.01. The summed E-state index contributed by atoms with van der Waals surface area (Å²) in [6, 6.07) is 0. The number of allylic oxidation sites excluding steroid dienone is 1. The Morgan fingerprint density at radius 1 is 0.447 bits per heavy atom. The summed E-state index contributed by atoms with van der Waals surface area (Å²) in [5.74, 6) is -59.1. The quantitative estimate of drug-likeness (QED) is 0.0625. The third kappa shape index (κ3) is 9.71. The van der Waals surface area contributed by atoms with Gasteiger partial charge in [0.05, 0.1) is 5.70 Å². The zero-order valence-corrected chi connectivity index (χ0v) is 25.3. The van der Waals surface area contributed by atoms with Gasteiger partial charge in [-0.2, -0.15) is 74.6 Å². The molecule has 0 rings (SSSR count). The fourth-order valence-corrected chi connectivity index (χ4v) is 4.01. The normalized spacial score (nSPS) is 14.8. The van der Waals surface area contributed by atoms with E-state index in [4.69, 9.17) is 0 Å². The molecule has 0 fully saturated rings. The molecule has 0 saturated carbocycles. The van der Waals surface area contributed by atoms with Crippen LogP contribution in [0, 0.1) is 0 Å². The number of nitrogens with one attached hydrogen (secondary N) is 2. The van der Waals surface area contributed by atoms with Gasteiger partial charge in [-0.3, -0.25) is 4.79 Å². The molecule has 0 aromatic heterocycles. The van der Waals surface area contributed by atoms with E-state index >= 15 is 0 Å². The first-order chi connectivity index (χ1) is 21.2. The Balaban J connectivity index is 6.53. The SMILES string of the molecule is CCCCCCCCNC(=O)/C=C(\NCCCCCCCC)C(F)(F)C(F)(F)C(F)(F)C(F)(F)C(F)(F)C(F)(F)C(F)(F)C(F)(F)F. The van der Waals surface area contributed by atoms with Crippen molar-refractivity contribution in [2.24, 2.45) is 0 Å². The van der Waals surface area contributed by atoms with Crippen LogP contribution in [0.3, 0.4) is 0 Å². The number of alkyl halides is 17. The number of unbranched alkanes of at least 4 members (excludes halogenated alkanes) is 10. The van der Waals surface area contributed by atoms with Crippen LogP contribution in [0.5, 0.6) is 0 Å². The van der Waals surface area contributed by atoms with Crippen molar-refractivity contribution in [3.63, 3.8) is 0 Å². The van der Waals surface area contributed by atoms with E-state index in [0.29, 0.717) is 25.7 Å². The molecule has 3 nitrogen and oxygen atoms in total. The van der Waals surface area contributed by atoms with Crippen LogP contribution >= 0.6 is 0 Å². The minimum atomic E-state index is -8.72. The van der Waals surface area contributed by atoms with Crippen molar-refractivity contribution in [2.45, 2.75) is 139 Å². The first-order valence-electron chi connectivity index (χ1n) is 14.6. The summed E-state index contributed by atoms with van der Waals surface area (Å²) in [6.07, 6.45) is -1.91. The highest BCUT2D eigenvalue weighted by atomic mass is 19.4. The number of carbonyl (C=O) groups excluding carboxylic acids is 1. The highest BCUT2D eigenvalue weighted by Gasteiger charge is 2.95. The molecule has 0 bridgehead atoms. The molecule has 2 N–H and O–H groups in total. The van der Waals surface area contributed by atoms with Crippen LogP contribution in [0.4, 0.5) is 74.6 Å². The molecule has 0 aromatic carbocycles. The number of hydrogen-bond donors (Lipinski definition) is 2. The molecule has 280 valence electrons. The lowest BCUT2D eigenvalue weighted by Crippen LogP contribution is -2.74. The average molecular weight is 729 g/mol. The van der Waals surface area contributed by atoms with Crippen LogP contribution in [0.1, 0.15) is 90.9 Å². The summed E-state index contributed by atoms with van der Waals surface area (Å²) in [5.41, 5.74) is -2.58. The average Bonchev–Trinajstić information content (AvgIpc) is 2.94. The van der Waals surface area contributed by atoms with Gasteiger partial charge in [-0.25, -0.2) is 0 Å². The standard InChI is InChI=1S/C27H37F17N2O/c1-3-5-7-9-11-13-15-45-18(17-19(47)46-16-14-12-10-8-6-4-2)20(28,29)21(30,31)22(32,33)23(34,35)24(36,37)25(38,39)26(40,41)27(42,43)44/h17,45H,3-16H2,1-2H3,(H,46,47)/b18-17-. The maximum atomic E-state index is 15.0. The van der Waals surface area contributed by atoms with Crippen LogP contribution in [0.15, 0.2) is 11.8 Å². The molecule has 20 heteroatoms. The van der Waals surface area contributed by atoms with Crippen LogP contribution in [-0.2, 0) is 4.79 Å². The minimum Gasteiger partial charge on any atom is -0.383 e.